The molecular formula is C21H28N4O3. The van der Waals surface area contributed by atoms with Crippen LogP contribution in [0.5, 0.6) is 5.75 Å². The average Bonchev–Trinajstić information content (AvgIpc) is 3.62. The van der Waals surface area contributed by atoms with Gasteiger partial charge in [0.2, 0.25) is 5.89 Å². The molecule has 0 aliphatic heterocycles. The molecule has 7 heteroatoms. The summed E-state index contributed by atoms with van der Waals surface area (Å²) < 4.78 is 11.0. The molecule has 4 rings (SSSR count). The summed E-state index contributed by atoms with van der Waals surface area (Å²) in [6, 6.07) is 2.02. The van der Waals surface area contributed by atoms with E-state index >= 15 is 0 Å². The smallest absolute Gasteiger partial charge is 0.273 e. The van der Waals surface area contributed by atoms with Gasteiger partial charge in [-0.25, -0.2) is 4.98 Å². The number of hydrogen-bond acceptors (Lipinski definition) is 6. The molecule has 0 spiro atoms. The zero-order chi connectivity index (χ0) is 19.5. The number of amides is 1. The van der Waals surface area contributed by atoms with Gasteiger partial charge in [-0.3, -0.25) is 4.79 Å². The molecule has 28 heavy (non-hydrogen) atoms. The molecular weight excluding hydrogens is 356 g/mol. The summed E-state index contributed by atoms with van der Waals surface area (Å²) in [5.74, 6) is 3.17. The quantitative estimate of drug-likeness (QED) is 0.628. The predicted octanol–water partition coefficient (Wildman–Crippen LogP) is 3.75. The van der Waals surface area contributed by atoms with Gasteiger partial charge in [0.25, 0.3) is 5.91 Å². The molecule has 150 valence electrons. The summed E-state index contributed by atoms with van der Waals surface area (Å²) in [6.45, 7) is 5.10. The minimum Gasteiger partial charge on any atom is -0.491 e. The van der Waals surface area contributed by atoms with Gasteiger partial charge >= 0.3 is 0 Å². The van der Waals surface area contributed by atoms with Crippen molar-refractivity contribution in [3.63, 3.8) is 0 Å². The van der Waals surface area contributed by atoms with Crippen LogP contribution in [0.1, 0.15) is 85.1 Å². The largest absolute Gasteiger partial charge is 0.491 e. The van der Waals surface area contributed by atoms with E-state index in [4.69, 9.17) is 9.26 Å². The zero-order valence-electron chi connectivity index (χ0n) is 16.6. The van der Waals surface area contributed by atoms with Crippen LogP contribution in [0.4, 0.5) is 0 Å². The van der Waals surface area contributed by atoms with Crippen molar-refractivity contribution in [2.75, 3.05) is 13.2 Å². The number of rotatable bonds is 10. The zero-order valence-corrected chi connectivity index (χ0v) is 16.6. The van der Waals surface area contributed by atoms with E-state index in [-0.39, 0.29) is 11.8 Å². The van der Waals surface area contributed by atoms with E-state index in [9.17, 15) is 4.79 Å². The summed E-state index contributed by atoms with van der Waals surface area (Å²) in [5, 5.41) is 6.93. The number of pyridine rings is 1. The highest BCUT2D eigenvalue weighted by molar-refractivity contribution is 5.95. The van der Waals surface area contributed by atoms with Gasteiger partial charge in [-0.2, -0.15) is 4.98 Å². The van der Waals surface area contributed by atoms with Crippen LogP contribution < -0.4 is 10.1 Å². The highest BCUT2D eigenvalue weighted by Crippen LogP contribution is 2.41. The Morgan fingerprint density at radius 1 is 1.36 bits per heavy atom. The first-order chi connectivity index (χ1) is 13.6. The summed E-state index contributed by atoms with van der Waals surface area (Å²) in [4.78, 5) is 21.3. The second-order valence-electron chi connectivity index (χ2n) is 8.11. The van der Waals surface area contributed by atoms with Crippen molar-refractivity contribution in [3.8, 4) is 5.75 Å². The van der Waals surface area contributed by atoms with Gasteiger partial charge < -0.3 is 14.6 Å². The standard InChI is InChI=1S/C21H28N4O3/c1-13(20-24-14(2)28-25-20)4-3-9-22-21(26)19-18(27-12-15-5-6-15)10-17(11-23-19)16-7-8-16/h10-11,13,15-16H,3-9,12H2,1-2H3,(H,22,26). The average molecular weight is 384 g/mol. The first-order valence-corrected chi connectivity index (χ1v) is 10.3. The number of hydrogen-bond donors (Lipinski definition) is 1. The topological polar surface area (TPSA) is 90.1 Å². The maximum atomic E-state index is 12.6. The van der Waals surface area contributed by atoms with Crippen molar-refractivity contribution in [3.05, 3.63) is 35.2 Å². The lowest BCUT2D eigenvalue weighted by atomic mass is 10.1. The Bertz CT molecular complexity index is 827. The summed E-state index contributed by atoms with van der Waals surface area (Å²) >= 11 is 0. The van der Waals surface area contributed by atoms with Gasteiger partial charge in [0.1, 0.15) is 0 Å². The van der Waals surface area contributed by atoms with Gasteiger partial charge in [-0.15, -0.1) is 0 Å². The Morgan fingerprint density at radius 3 is 2.86 bits per heavy atom. The molecule has 0 saturated heterocycles. The lowest BCUT2D eigenvalue weighted by molar-refractivity contribution is 0.0943. The third-order valence-electron chi connectivity index (χ3n) is 5.39. The van der Waals surface area contributed by atoms with Crippen LogP contribution in [0.25, 0.3) is 0 Å². The van der Waals surface area contributed by atoms with E-state index in [0.29, 0.717) is 42.3 Å². The highest BCUT2D eigenvalue weighted by Gasteiger charge is 2.27. The van der Waals surface area contributed by atoms with Crippen LogP contribution >= 0.6 is 0 Å². The number of aryl methyl sites for hydroxylation is 1. The van der Waals surface area contributed by atoms with E-state index in [1.165, 1.54) is 31.2 Å². The Kier molecular flexibility index (Phi) is 5.59. The van der Waals surface area contributed by atoms with Crippen LogP contribution in [0.3, 0.4) is 0 Å². The Balaban J connectivity index is 1.30. The number of aromatic nitrogens is 3. The van der Waals surface area contributed by atoms with Gasteiger partial charge in [-0.05, 0) is 62.0 Å². The first-order valence-electron chi connectivity index (χ1n) is 10.3. The molecule has 1 amide bonds. The molecule has 1 atom stereocenters. The van der Waals surface area contributed by atoms with Gasteiger partial charge in [-0.1, -0.05) is 12.1 Å². The maximum absolute atomic E-state index is 12.6. The number of nitrogens with one attached hydrogen (secondary N) is 1. The molecule has 2 aromatic rings. The Morgan fingerprint density at radius 2 is 2.18 bits per heavy atom. The minimum atomic E-state index is -0.170. The van der Waals surface area contributed by atoms with E-state index in [2.05, 4.69) is 27.4 Å². The van der Waals surface area contributed by atoms with Crippen molar-refractivity contribution in [2.45, 2.75) is 64.2 Å². The molecule has 2 saturated carbocycles. The third-order valence-corrected chi connectivity index (χ3v) is 5.39. The van der Waals surface area contributed by atoms with Crippen LogP contribution in [-0.4, -0.2) is 34.2 Å². The Labute approximate surface area is 165 Å². The second kappa shape index (κ2) is 8.29. The molecule has 0 bridgehead atoms. The van der Waals surface area contributed by atoms with E-state index in [1.807, 2.05) is 12.3 Å². The first kappa shape index (κ1) is 18.9. The molecule has 2 heterocycles. The van der Waals surface area contributed by atoms with Crippen molar-refractivity contribution >= 4 is 5.91 Å². The van der Waals surface area contributed by atoms with Gasteiger partial charge in [0.05, 0.1) is 6.61 Å². The lowest BCUT2D eigenvalue weighted by Crippen LogP contribution is -2.26. The maximum Gasteiger partial charge on any atom is 0.273 e. The van der Waals surface area contributed by atoms with Crippen LogP contribution in [-0.2, 0) is 0 Å². The molecule has 1 N–H and O–H groups in total. The van der Waals surface area contributed by atoms with Crippen molar-refractivity contribution in [2.24, 2.45) is 5.92 Å². The van der Waals surface area contributed by atoms with E-state index in [0.717, 1.165) is 18.7 Å². The molecule has 1 unspecified atom stereocenters. The van der Waals surface area contributed by atoms with Crippen LogP contribution in [0.15, 0.2) is 16.8 Å². The van der Waals surface area contributed by atoms with Crippen molar-refractivity contribution in [1.82, 2.24) is 20.4 Å². The van der Waals surface area contributed by atoms with Crippen molar-refractivity contribution in [1.29, 1.82) is 0 Å². The van der Waals surface area contributed by atoms with Gasteiger partial charge in [0.15, 0.2) is 17.3 Å². The van der Waals surface area contributed by atoms with Gasteiger partial charge in [0, 0.05) is 25.6 Å². The molecule has 0 radical (unpaired) electrons. The second-order valence-corrected chi connectivity index (χ2v) is 8.11. The number of carbonyl (C=O) groups is 1. The Hall–Kier alpha value is -2.44. The minimum absolute atomic E-state index is 0.170. The summed E-state index contributed by atoms with van der Waals surface area (Å²) in [7, 11) is 0. The third kappa shape index (κ3) is 4.88. The summed E-state index contributed by atoms with van der Waals surface area (Å²) in [5.41, 5.74) is 1.58. The molecule has 2 aliphatic rings. The fraction of sp³-hybridized carbons (Fsp3) is 0.619. The van der Waals surface area contributed by atoms with E-state index < -0.39 is 0 Å². The predicted molar refractivity (Wildman–Crippen MR) is 103 cm³/mol. The number of nitrogens with zero attached hydrogens (tertiary/aromatic N) is 3. The molecule has 7 nitrogen and oxygen atoms in total. The summed E-state index contributed by atoms with van der Waals surface area (Å²) in [6.07, 6.45) is 8.37. The van der Waals surface area contributed by atoms with Crippen LogP contribution in [0, 0.1) is 12.8 Å². The fourth-order valence-corrected chi connectivity index (χ4v) is 3.21. The highest BCUT2D eigenvalue weighted by atomic mass is 16.5. The molecule has 0 aromatic carbocycles. The molecule has 2 aliphatic carbocycles. The number of carbonyl (C=O) groups excluding carboxylic acids is 1. The van der Waals surface area contributed by atoms with Crippen molar-refractivity contribution < 1.29 is 14.1 Å². The van der Waals surface area contributed by atoms with E-state index in [1.54, 1.807) is 6.92 Å². The van der Waals surface area contributed by atoms with Crippen LogP contribution in [0.2, 0.25) is 0 Å². The normalized spacial score (nSPS) is 17.4. The lowest BCUT2D eigenvalue weighted by Gasteiger charge is -2.13. The molecule has 2 fully saturated rings. The number of ether oxygens (including phenoxy) is 1. The molecule has 2 aromatic heterocycles. The fourth-order valence-electron chi connectivity index (χ4n) is 3.21. The SMILES string of the molecule is Cc1nc(C(C)CCCNC(=O)c2ncc(C3CC3)cc2OCC2CC2)no1. The monoisotopic (exact) mass is 384 g/mol.